The summed E-state index contributed by atoms with van der Waals surface area (Å²) in [6.07, 6.45) is 0. The number of aryl methyl sites for hydroxylation is 2. The molecule has 2 aromatic rings. The largest absolute Gasteiger partial charge is 0.353 e. The highest BCUT2D eigenvalue weighted by Gasteiger charge is 2.20. The fraction of sp³-hybridized carbons (Fsp3) is 0.400. The van der Waals surface area contributed by atoms with Crippen molar-refractivity contribution in [1.82, 2.24) is 10.2 Å². The van der Waals surface area contributed by atoms with E-state index in [0.29, 0.717) is 0 Å². The Bertz CT molecular complexity index is 652. The van der Waals surface area contributed by atoms with E-state index in [9.17, 15) is 4.79 Å². The minimum absolute atomic E-state index is 0.141. The highest BCUT2D eigenvalue weighted by Crippen LogP contribution is 2.31. The second-order valence-corrected chi connectivity index (χ2v) is 7.73. The maximum atomic E-state index is 12.6. The molecule has 0 bridgehead atoms. The van der Waals surface area contributed by atoms with Crippen LogP contribution in [0.25, 0.3) is 0 Å². The molecule has 0 radical (unpaired) electrons. The van der Waals surface area contributed by atoms with Crippen LogP contribution in [0.2, 0.25) is 0 Å². The van der Waals surface area contributed by atoms with Crippen LogP contribution in [0.1, 0.15) is 28.4 Å². The van der Waals surface area contributed by atoms with Gasteiger partial charge < -0.3 is 4.90 Å². The van der Waals surface area contributed by atoms with Crippen molar-refractivity contribution >= 4 is 34.0 Å². The molecule has 6 heteroatoms. The van der Waals surface area contributed by atoms with E-state index < -0.39 is 0 Å². The van der Waals surface area contributed by atoms with Crippen molar-refractivity contribution in [3.05, 3.63) is 34.9 Å². The van der Waals surface area contributed by atoms with Gasteiger partial charge in [0.2, 0.25) is 5.13 Å². The Kier molecular flexibility index (Phi) is 5.00. The van der Waals surface area contributed by atoms with E-state index in [4.69, 9.17) is 0 Å². The monoisotopic (exact) mass is 321 g/mol. The van der Waals surface area contributed by atoms with Gasteiger partial charge in [-0.2, -0.15) is 0 Å². The van der Waals surface area contributed by atoms with E-state index in [2.05, 4.69) is 10.2 Å². The first kappa shape index (κ1) is 16.0. The molecule has 21 heavy (non-hydrogen) atoms. The Labute approximate surface area is 133 Å². The molecule has 1 unspecified atom stereocenters. The van der Waals surface area contributed by atoms with Crippen molar-refractivity contribution in [1.29, 1.82) is 0 Å². The third-order valence-corrected chi connectivity index (χ3v) is 5.36. The maximum Gasteiger partial charge on any atom is 0.208 e. The standard InChI is InChI=1S/C15H19N3OS2/c1-9-6-7-10(2)12(8-9)13(19)11(3)20-15-17-16-14(21-15)18(4)5/h6-8,11H,1-5H3. The van der Waals surface area contributed by atoms with Crippen LogP contribution in [0.5, 0.6) is 0 Å². The maximum absolute atomic E-state index is 12.6. The van der Waals surface area contributed by atoms with Crippen LogP contribution in [-0.4, -0.2) is 35.3 Å². The molecule has 0 fully saturated rings. The van der Waals surface area contributed by atoms with Crippen molar-refractivity contribution in [3.8, 4) is 0 Å². The topological polar surface area (TPSA) is 46.1 Å². The molecule has 2 rings (SSSR count). The van der Waals surface area contributed by atoms with E-state index in [-0.39, 0.29) is 11.0 Å². The molecule has 1 aromatic heterocycles. The van der Waals surface area contributed by atoms with E-state index >= 15 is 0 Å². The van der Waals surface area contributed by atoms with Crippen LogP contribution in [0.3, 0.4) is 0 Å². The Hall–Kier alpha value is -1.40. The predicted molar refractivity (Wildman–Crippen MR) is 89.8 cm³/mol. The minimum atomic E-state index is -0.173. The number of carbonyl (C=O) groups is 1. The molecule has 1 atom stereocenters. The lowest BCUT2D eigenvalue weighted by molar-refractivity contribution is 0.0993. The number of anilines is 1. The number of thioether (sulfide) groups is 1. The smallest absolute Gasteiger partial charge is 0.208 e. The Morgan fingerprint density at radius 2 is 2.00 bits per heavy atom. The average molecular weight is 321 g/mol. The molecule has 0 saturated carbocycles. The van der Waals surface area contributed by atoms with Crippen LogP contribution in [0.15, 0.2) is 22.5 Å². The zero-order chi connectivity index (χ0) is 15.6. The van der Waals surface area contributed by atoms with E-state index in [0.717, 1.165) is 26.2 Å². The van der Waals surface area contributed by atoms with Gasteiger partial charge >= 0.3 is 0 Å². The van der Waals surface area contributed by atoms with Gasteiger partial charge in [0, 0.05) is 19.7 Å². The summed E-state index contributed by atoms with van der Waals surface area (Å²) in [6, 6.07) is 5.98. The van der Waals surface area contributed by atoms with Gasteiger partial charge in [-0.05, 0) is 32.4 Å². The number of nitrogens with zero attached hydrogens (tertiary/aromatic N) is 3. The molecular weight excluding hydrogens is 302 g/mol. The second-order valence-electron chi connectivity index (χ2n) is 5.19. The minimum Gasteiger partial charge on any atom is -0.353 e. The Morgan fingerprint density at radius 1 is 1.29 bits per heavy atom. The lowest BCUT2D eigenvalue weighted by Gasteiger charge is -2.11. The van der Waals surface area contributed by atoms with Crippen molar-refractivity contribution in [2.75, 3.05) is 19.0 Å². The molecule has 1 heterocycles. The number of hydrogen-bond acceptors (Lipinski definition) is 6. The van der Waals surface area contributed by atoms with Gasteiger partial charge in [-0.3, -0.25) is 4.79 Å². The summed E-state index contributed by atoms with van der Waals surface area (Å²) in [7, 11) is 3.86. The fourth-order valence-corrected chi connectivity index (χ4v) is 3.83. The van der Waals surface area contributed by atoms with Crippen molar-refractivity contribution in [3.63, 3.8) is 0 Å². The van der Waals surface area contributed by atoms with Crippen LogP contribution in [0, 0.1) is 13.8 Å². The van der Waals surface area contributed by atoms with Crippen molar-refractivity contribution in [2.45, 2.75) is 30.4 Å². The number of rotatable bonds is 5. The SMILES string of the molecule is Cc1ccc(C)c(C(=O)C(C)Sc2nnc(N(C)C)s2)c1. The molecule has 0 aliphatic carbocycles. The number of benzene rings is 1. The molecule has 0 spiro atoms. The Balaban J connectivity index is 2.13. The van der Waals surface area contributed by atoms with Crippen molar-refractivity contribution < 1.29 is 4.79 Å². The molecule has 4 nitrogen and oxygen atoms in total. The zero-order valence-corrected chi connectivity index (χ0v) is 14.5. The highest BCUT2D eigenvalue weighted by atomic mass is 32.2. The molecule has 0 N–H and O–H groups in total. The first-order valence-electron chi connectivity index (χ1n) is 6.67. The van der Waals surface area contributed by atoms with E-state index in [1.165, 1.54) is 23.1 Å². The van der Waals surface area contributed by atoms with Gasteiger partial charge in [0.1, 0.15) is 0 Å². The van der Waals surface area contributed by atoms with Crippen LogP contribution in [-0.2, 0) is 0 Å². The molecule has 0 saturated heterocycles. The second kappa shape index (κ2) is 6.58. The van der Waals surface area contributed by atoms with Gasteiger partial charge in [0.05, 0.1) is 5.25 Å². The zero-order valence-electron chi connectivity index (χ0n) is 12.9. The first-order chi connectivity index (χ1) is 9.88. The van der Waals surface area contributed by atoms with Crippen LogP contribution >= 0.6 is 23.1 Å². The summed E-state index contributed by atoms with van der Waals surface area (Å²) in [6.45, 7) is 5.90. The van der Waals surface area contributed by atoms with Gasteiger partial charge in [0.15, 0.2) is 10.1 Å². The summed E-state index contributed by atoms with van der Waals surface area (Å²) >= 11 is 2.97. The predicted octanol–water partition coefficient (Wildman–Crippen LogP) is 3.58. The third kappa shape index (κ3) is 3.83. The summed E-state index contributed by atoms with van der Waals surface area (Å²) in [5, 5.41) is 8.90. The van der Waals surface area contributed by atoms with E-state index in [1.807, 2.05) is 58.0 Å². The van der Waals surface area contributed by atoms with Gasteiger partial charge in [0.25, 0.3) is 0 Å². The number of ketones is 1. The molecule has 0 amide bonds. The number of carbonyl (C=O) groups excluding carboxylic acids is 1. The number of Topliss-reactive ketones (excluding diaryl/α,β-unsaturated/α-hetero) is 1. The van der Waals surface area contributed by atoms with Crippen LogP contribution in [0.4, 0.5) is 5.13 Å². The summed E-state index contributed by atoms with van der Waals surface area (Å²) < 4.78 is 0.824. The lowest BCUT2D eigenvalue weighted by atomic mass is 10.0. The van der Waals surface area contributed by atoms with Gasteiger partial charge in [-0.25, -0.2) is 0 Å². The third-order valence-electron chi connectivity index (χ3n) is 3.08. The Morgan fingerprint density at radius 3 is 2.62 bits per heavy atom. The quantitative estimate of drug-likeness (QED) is 0.622. The summed E-state index contributed by atoms with van der Waals surface area (Å²) in [4.78, 5) is 14.5. The average Bonchev–Trinajstić information content (AvgIpc) is 2.89. The van der Waals surface area contributed by atoms with Crippen molar-refractivity contribution in [2.24, 2.45) is 0 Å². The molecular formula is C15H19N3OS2. The highest BCUT2D eigenvalue weighted by molar-refractivity contribution is 8.02. The van der Waals surface area contributed by atoms with E-state index in [1.54, 1.807) is 0 Å². The van der Waals surface area contributed by atoms with Gasteiger partial charge in [-0.15, -0.1) is 10.2 Å². The first-order valence-corrected chi connectivity index (χ1v) is 8.37. The fourth-order valence-electron chi connectivity index (χ4n) is 1.86. The molecule has 112 valence electrons. The van der Waals surface area contributed by atoms with Crippen LogP contribution < -0.4 is 4.90 Å². The summed E-state index contributed by atoms with van der Waals surface area (Å²) in [5.74, 6) is 0.141. The lowest BCUT2D eigenvalue weighted by Crippen LogP contribution is -2.15. The molecule has 0 aliphatic rings. The molecule has 1 aromatic carbocycles. The summed E-state index contributed by atoms with van der Waals surface area (Å²) in [5.41, 5.74) is 2.92. The number of aromatic nitrogens is 2. The number of hydrogen-bond donors (Lipinski definition) is 0. The molecule has 0 aliphatic heterocycles. The normalized spacial score (nSPS) is 12.2. The van der Waals surface area contributed by atoms with Gasteiger partial charge in [-0.1, -0.05) is 40.8 Å².